The summed E-state index contributed by atoms with van der Waals surface area (Å²) in [5.41, 5.74) is 1.06. The predicted molar refractivity (Wildman–Crippen MR) is 79.7 cm³/mol. The molecule has 1 unspecified atom stereocenters. The predicted octanol–water partition coefficient (Wildman–Crippen LogP) is 1.78. The van der Waals surface area contributed by atoms with Gasteiger partial charge in [0.05, 0.1) is 22.1 Å². The molecule has 1 aliphatic heterocycles. The number of likely N-dealkylation sites (N-methyl/N-ethyl adjacent to an activating group) is 1. The van der Waals surface area contributed by atoms with Crippen LogP contribution in [0.15, 0.2) is 22.7 Å². The second-order valence-corrected chi connectivity index (χ2v) is 5.68. The lowest BCUT2D eigenvalue weighted by atomic mass is 10.1. The Balaban J connectivity index is 2.02. The molecule has 1 fully saturated rings. The van der Waals surface area contributed by atoms with Gasteiger partial charge < -0.3 is 10.1 Å². The van der Waals surface area contributed by atoms with Crippen molar-refractivity contribution in [3.8, 4) is 0 Å². The number of rotatable bonds is 5. The number of hydrogen-bond acceptors (Lipinski definition) is 5. The molecule has 1 aromatic rings. The van der Waals surface area contributed by atoms with Gasteiger partial charge in [0.15, 0.2) is 0 Å². The average Bonchev–Trinajstić information content (AvgIpc) is 2.41. The van der Waals surface area contributed by atoms with Gasteiger partial charge in [-0.2, -0.15) is 0 Å². The fourth-order valence-corrected chi connectivity index (χ4v) is 2.72. The first-order chi connectivity index (χ1) is 9.60. The molecule has 0 saturated carbocycles. The van der Waals surface area contributed by atoms with Crippen molar-refractivity contribution in [2.45, 2.75) is 12.6 Å². The van der Waals surface area contributed by atoms with Crippen molar-refractivity contribution < 1.29 is 9.66 Å². The molecule has 0 spiro atoms. The quantitative estimate of drug-likeness (QED) is 0.651. The van der Waals surface area contributed by atoms with E-state index in [9.17, 15) is 10.1 Å². The Bertz CT molecular complexity index is 482. The highest BCUT2D eigenvalue weighted by molar-refractivity contribution is 9.10. The number of benzene rings is 1. The first-order valence-electron chi connectivity index (χ1n) is 6.51. The highest BCUT2D eigenvalue weighted by Gasteiger charge is 2.21. The Morgan fingerprint density at radius 3 is 3.10 bits per heavy atom. The molecule has 7 heteroatoms. The van der Waals surface area contributed by atoms with Crippen LogP contribution in [-0.4, -0.2) is 49.2 Å². The zero-order valence-corrected chi connectivity index (χ0v) is 12.9. The number of morpholine rings is 1. The van der Waals surface area contributed by atoms with Gasteiger partial charge in [-0.1, -0.05) is 6.07 Å². The van der Waals surface area contributed by atoms with Crippen molar-refractivity contribution in [2.24, 2.45) is 0 Å². The van der Waals surface area contributed by atoms with Gasteiger partial charge in [-0.05, 0) is 34.6 Å². The topological polar surface area (TPSA) is 67.6 Å². The summed E-state index contributed by atoms with van der Waals surface area (Å²) in [5.74, 6) is 0. The molecule has 0 aromatic heterocycles. The molecule has 6 nitrogen and oxygen atoms in total. The van der Waals surface area contributed by atoms with Crippen LogP contribution in [-0.2, 0) is 11.3 Å². The van der Waals surface area contributed by atoms with Crippen LogP contribution in [0.2, 0.25) is 0 Å². The van der Waals surface area contributed by atoms with E-state index < -0.39 is 0 Å². The van der Waals surface area contributed by atoms with Gasteiger partial charge in [0, 0.05) is 32.2 Å². The number of halogens is 1. The summed E-state index contributed by atoms with van der Waals surface area (Å²) in [4.78, 5) is 12.8. The van der Waals surface area contributed by atoms with E-state index >= 15 is 0 Å². The van der Waals surface area contributed by atoms with Crippen LogP contribution >= 0.6 is 15.9 Å². The maximum Gasteiger partial charge on any atom is 0.283 e. The van der Waals surface area contributed by atoms with Gasteiger partial charge >= 0.3 is 0 Å². The highest BCUT2D eigenvalue weighted by Crippen LogP contribution is 2.26. The molecular weight excluding hydrogens is 326 g/mol. The molecule has 110 valence electrons. The Morgan fingerprint density at radius 1 is 1.60 bits per heavy atom. The SMILES string of the molecule is CNCC1CN(Cc2ccc(Br)c([N+](=O)[O-])c2)CCO1. The molecule has 1 saturated heterocycles. The summed E-state index contributed by atoms with van der Waals surface area (Å²) >= 11 is 3.20. The smallest absolute Gasteiger partial charge is 0.283 e. The van der Waals surface area contributed by atoms with Crippen molar-refractivity contribution in [3.05, 3.63) is 38.3 Å². The summed E-state index contributed by atoms with van der Waals surface area (Å²) in [6.07, 6.45) is 0.180. The van der Waals surface area contributed by atoms with Gasteiger partial charge in [0.2, 0.25) is 0 Å². The Labute approximate surface area is 126 Å². The van der Waals surface area contributed by atoms with E-state index in [1.807, 2.05) is 13.1 Å². The highest BCUT2D eigenvalue weighted by atomic mass is 79.9. The molecule has 1 N–H and O–H groups in total. The van der Waals surface area contributed by atoms with Crippen LogP contribution in [0.3, 0.4) is 0 Å². The normalized spacial score (nSPS) is 20.0. The minimum atomic E-state index is -0.364. The summed E-state index contributed by atoms with van der Waals surface area (Å²) in [7, 11) is 1.90. The zero-order valence-electron chi connectivity index (χ0n) is 11.3. The first-order valence-corrected chi connectivity index (χ1v) is 7.31. The first kappa shape index (κ1) is 15.4. The van der Waals surface area contributed by atoms with E-state index in [-0.39, 0.29) is 16.7 Å². The third-order valence-corrected chi connectivity index (χ3v) is 3.94. The summed E-state index contributed by atoms with van der Waals surface area (Å²) in [6.45, 7) is 3.91. The largest absolute Gasteiger partial charge is 0.374 e. The number of ether oxygens (including phenoxy) is 1. The molecule has 0 amide bonds. The Hall–Kier alpha value is -1.02. The lowest BCUT2D eigenvalue weighted by molar-refractivity contribution is -0.385. The van der Waals surface area contributed by atoms with Crippen LogP contribution in [0.1, 0.15) is 5.56 Å². The number of nitrogens with zero attached hydrogens (tertiary/aromatic N) is 2. The van der Waals surface area contributed by atoms with Gasteiger partial charge in [0.1, 0.15) is 0 Å². The standard InChI is InChI=1S/C13H18BrN3O3/c1-15-7-11-9-16(4-5-20-11)8-10-2-3-12(14)13(6-10)17(18)19/h2-3,6,11,15H,4-5,7-9H2,1H3. The van der Waals surface area contributed by atoms with Gasteiger partial charge in [-0.15, -0.1) is 0 Å². The van der Waals surface area contributed by atoms with E-state index in [0.29, 0.717) is 17.6 Å². The second kappa shape index (κ2) is 7.12. The lowest BCUT2D eigenvalue weighted by Crippen LogP contribution is -2.45. The average molecular weight is 344 g/mol. The van der Waals surface area contributed by atoms with Crippen molar-refractivity contribution >= 4 is 21.6 Å². The van der Waals surface area contributed by atoms with Crippen molar-refractivity contribution in [1.82, 2.24) is 10.2 Å². The Kier molecular flexibility index (Phi) is 5.47. The van der Waals surface area contributed by atoms with Crippen molar-refractivity contribution in [1.29, 1.82) is 0 Å². The van der Waals surface area contributed by atoms with Crippen LogP contribution in [0.4, 0.5) is 5.69 Å². The molecule has 1 atom stereocenters. The van der Waals surface area contributed by atoms with E-state index in [0.717, 1.165) is 25.2 Å². The lowest BCUT2D eigenvalue weighted by Gasteiger charge is -2.32. The minimum Gasteiger partial charge on any atom is -0.374 e. The van der Waals surface area contributed by atoms with Gasteiger partial charge in [-0.25, -0.2) is 0 Å². The van der Waals surface area contributed by atoms with E-state index in [2.05, 4.69) is 26.1 Å². The molecular formula is C13H18BrN3O3. The van der Waals surface area contributed by atoms with Gasteiger partial charge in [-0.3, -0.25) is 15.0 Å². The fraction of sp³-hybridized carbons (Fsp3) is 0.538. The molecule has 1 aliphatic rings. The maximum absolute atomic E-state index is 10.9. The van der Waals surface area contributed by atoms with Crippen LogP contribution in [0, 0.1) is 10.1 Å². The molecule has 1 aromatic carbocycles. The Morgan fingerprint density at radius 2 is 2.40 bits per heavy atom. The monoisotopic (exact) mass is 343 g/mol. The number of hydrogen-bond donors (Lipinski definition) is 1. The van der Waals surface area contributed by atoms with E-state index in [4.69, 9.17) is 4.74 Å². The summed E-state index contributed by atoms with van der Waals surface area (Å²) in [6, 6.07) is 5.28. The third kappa shape index (κ3) is 3.99. The minimum absolute atomic E-state index is 0.113. The molecule has 2 rings (SSSR count). The fourth-order valence-electron chi connectivity index (χ4n) is 2.33. The second-order valence-electron chi connectivity index (χ2n) is 4.83. The number of nitro benzene ring substituents is 1. The van der Waals surface area contributed by atoms with Gasteiger partial charge in [0.25, 0.3) is 5.69 Å². The molecule has 0 aliphatic carbocycles. The van der Waals surface area contributed by atoms with Crippen LogP contribution in [0.5, 0.6) is 0 Å². The third-order valence-electron chi connectivity index (χ3n) is 3.27. The molecule has 20 heavy (non-hydrogen) atoms. The summed E-state index contributed by atoms with van der Waals surface area (Å²) < 4.78 is 6.16. The zero-order chi connectivity index (χ0) is 14.5. The van der Waals surface area contributed by atoms with Crippen molar-refractivity contribution in [3.63, 3.8) is 0 Å². The summed E-state index contributed by atoms with van der Waals surface area (Å²) in [5, 5.41) is 14.0. The van der Waals surface area contributed by atoms with Crippen molar-refractivity contribution in [2.75, 3.05) is 33.3 Å². The molecule has 1 heterocycles. The molecule has 0 bridgehead atoms. The van der Waals surface area contributed by atoms with Crippen LogP contribution in [0.25, 0.3) is 0 Å². The van der Waals surface area contributed by atoms with E-state index in [1.165, 1.54) is 0 Å². The maximum atomic E-state index is 10.9. The number of nitrogens with one attached hydrogen (secondary N) is 1. The van der Waals surface area contributed by atoms with E-state index in [1.54, 1.807) is 12.1 Å². The molecule has 0 radical (unpaired) electrons. The number of nitro groups is 1. The van der Waals surface area contributed by atoms with Crippen LogP contribution < -0.4 is 5.32 Å².